The fourth-order valence-electron chi connectivity index (χ4n) is 2.41. The maximum atomic E-state index is 13.4. The number of carbonyl (C=O) groups excluding carboxylic acids is 1. The highest BCUT2D eigenvalue weighted by molar-refractivity contribution is 5.78. The van der Waals surface area contributed by atoms with Crippen molar-refractivity contribution in [3.63, 3.8) is 0 Å². The molecule has 1 rings (SSSR count). The monoisotopic (exact) mass is 299 g/mol. The smallest absolute Gasteiger partial charge is 0.224 e. The lowest BCUT2D eigenvalue weighted by molar-refractivity contribution is -0.122. The van der Waals surface area contributed by atoms with Crippen LogP contribution in [0.3, 0.4) is 0 Å². The van der Waals surface area contributed by atoms with Crippen molar-refractivity contribution in [3.8, 4) is 0 Å². The second-order valence-electron chi connectivity index (χ2n) is 5.41. The van der Waals surface area contributed by atoms with Crippen molar-refractivity contribution in [1.82, 2.24) is 5.32 Å². The third kappa shape index (κ3) is 5.79. The highest BCUT2D eigenvalue weighted by atomic mass is 19.1. The van der Waals surface area contributed by atoms with E-state index in [2.05, 4.69) is 5.32 Å². The molecule has 5 heteroatoms. The van der Waals surface area contributed by atoms with E-state index in [1.54, 1.807) is 0 Å². The molecule has 1 aromatic carbocycles. The molecule has 0 aliphatic heterocycles. The van der Waals surface area contributed by atoms with Gasteiger partial charge in [0.15, 0.2) is 0 Å². The van der Waals surface area contributed by atoms with Gasteiger partial charge in [0.05, 0.1) is 12.0 Å². The molecule has 0 fully saturated rings. The number of aliphatic hydroxyl groups is 1. The van der Waals surface area contributed by atoms with Crippen LogP contribution in [0.4, 0.5) is 8.78 Å². The number of nitrogens with one attached hydrogen (secondary N) is 1. The molecule has 0 radical (unpaired) electrons. The number of benzene rings is 1. The Labute approximate surface area is 124 Å². The second-order valence-corrected chi connectivity index (χ2v) is 5.41. The minimum Gasteiger partial charge on any atom is -0.388 e. The van der Waals surface area contributed by atoms with Crippen LogP contribution in [0.2, 0.25) is 0 Å². The van der Waals surface area contributed by atoms with Crippen LogP contribution in [0.1, 0.15) is 45.1 Å². The molecule has 1 aromatic rings. The number of amides is 1. The third-order valence-electron chi connectivity index (χ3n) is 3.40. The minimum absolute atomic E-state index is 0.0158. The summed E-state index contributed by atoms with van der Waals surface area (Å²) in [6, 6.07) is 3.03. The van der Waals surface area contributed by atoms with Crippen LogP contribution in [-0.4, -0.2) is 23.2 Å². The van der Waals surface area contributed by atoms with E-state index in [0.29, 0.717) is 12.8 Å². The van der Waals surface area contributed by atoms with Gasteiger partial charge in [-0.2, -0.15) is 0 Å². The predicted octanol–water partition coefficient (Wildman–Crippen LogP) is 2.95. The molecule has 0 bridgehead atoms. The first kappa shape index (κ1) is 17.6. The van der Waals surface area contributed by atoms with Crippen molar-refractivity contribution in [2.45, 2.75) is 51.6 Å². The molecular weight excluding hydrogens is 276 g/mol. The van der Waals surface area contributed by atoms with E-state index >= 15 is 0 Å². The summed E-state index contributed by atoms with van der Waals surface area (Å²) in [7, 11) is 0. The van der Waals surface area contributed by atoms with Crippen LogP contribution in [0.5, 0.6) is 0 Å². The molecule has 0 saturated heterocycles. The molecule has 3 nitrogen and oxygen atoms in total. The zero-order valence-corrected chi connectivity index (χ0v) is 12.6. The van der Waals surface area contributed by atoms with Crippen molar-refractivity contribution >= 4 is 5.91 Å². The van der Waals surface area contributed by atoms with Gasteiger partial charge in [-0.3, -0.25) is 4.79 Å². The van der Waals surface area contributed by atoms with E-state index in [1.807, 2.05) is 13.8 Å². The van der Waals surface area contributed by atoms with Gasteiger partial charge in [-0.05, 0) is 31.0 Å². The normalized spacial score (nSPS) is 11.5. The summed E-state index contributed by atoms with van der Waals surface area (Å²) >= 11 is 0. The summed E-state index contributed by atoms with van der Waals surface area (Å²) in [5.74, 6) is -1.61. The lowest BCUT2D eigenvalue weighted by Crippen LogP contribution is -2.43. The van der Waals surface area contributed by atoms with Gasteiger partial charge in [0.2, 0.25) is 5.91 Å². The van der Waals surface area contributed by atoms with Gasteiger partial charge in [0.1, 0.15) is 11.6 Å². The Morgan fingerprint density at radius 1 is 1.24 bits per heavy atom. The third-order valence-corrected chi connectivity index (χ3v) is 3.40. The number of hydrogen-bond acceptors (Lipinski definition) is 2. The Kier molecular flexibility index (Phi) is 6.75. The number of rotatable bonds is 8. The minimum atomic E-state index is -0.931. The van der Waals surface area contributed by atoms with Gasteiger partial charge >= 0.3 is 0 Å². The molecule has 118 valence electrons. The molecule has 0 aliphatic carbocycles. The SMILES string of the molecule is CCCC(O)(CCC)CNC(=O)Cc1cc(F)ccc1F. The van der Waals surface area contributed by atoms with Gasteiger partial charge in [-0.25, -0.2) is 8.78 Å². The van der Waals surface area contributed by atoms with Gasteiger partial charge in [0.25, 0.3) is 0 Å². The molecule has 0 aliphatic rings. The maximum absolute atomic E-state index is 13.4. The molecule has 1 amide bonds. The second kappa shape index (κ2) is 8.08. The number of carbonyl (C=O) groups is 1. The van der Waals surface area contributed by atoms with E-state index in [0.717, 1.165) is 31.0 Å². The summed E-state index contributed by atoms with van der Waals surface area (Å²) in [5.41, 5.74) is -0.915. The average Bonchev–Trinajstić information content (AvgIpc) is 2.41. The van der Waals surface area contributed by atoms with Crippen LogP contribution in [0.25, 0.3) is 0 Å². The van der Waals surface area contributed by atoms with Gasteiger partial charge in [-0.15, -0.1) is 0 Å². The number of halogens is 2. The molecular formula is C16H23F2NO2. The molecule has 0 atom stereocenters. The van der Waals surface area contributed by atoms with E-state index in [4.69, 9.17) is 0 Å². The first-order chi connectivity index (χ1) is 9.90. The average molecular weight is 299 g/mol. The van der Waals surface area contributed by atoms with Gasteiger partial charge < -0.3 is 10.4 Å². The summed E-state index contributed by atoms with van der Waals surface area (Å²) in [5, 5.41) is 13.0. The van der Waals surface area contributed by atoms with Crippen molar-refractivity contribution in [2.75, 3.05) is 6.54 Å². The van der Waals surface area contributed by atoms with Crippen molar-refractivity contribution in [1.29, 1.82) is 0 Å². The maximum Gasteiger partial charge on any atom is 0.224 e. The fourth-order valence-corrected chi connectivity index (χ4v) is 2.41. The molecule has 21 heavy (non-hydrogen) atoms. The lowest BCUT2D eigenvalue weighted by Gasteiger charge is -2.27. The van der Waals surface area contributed by atoms with Crippen LogP contribution in [0.15, 0.2) is 18.2 Å². The molecule has 2 N–H and O–H groups in total. The zero-order valence-electron chi connectivity index (χ0n) is 12.6. The topological polar surface area (TPSA) is 49.3 Å². The zero-order chi connectivity index (χ0) is 15.9. The fraction of sp³-hybridized carbons (Fsp3) is 0.562. The summed E-state index contributed by atoms with van der Waals surface area (Å²) in [6.45, 7) is 4.06. The van der Waals surface area contributed by atoms with E-state index in [9.17, 15) is 18.7 Å². The highest BCUT2D eigenvalue weighted by Crippen LogP contribution is 2.18. The van der Waals surface area contributed by atoms with Gasteiger partial charge in [-0.1, -0.05) is 26.7 Å². The largest absolute Gasteiger partial charge is 0.388 e. The Hall–Kier alpha value is -1.49. The van der Waals surface area contributed by atoms with Crippen LogP contribution >= 0.6 is 0 Å². The Morgan fingerprint density at radius 2 is 1.86 bits per heavy atom. The summed E-state index contributed by atoms with van der Waals surface area (Å²) in [6.07, 6.45) is 2.57. The van der Waals surface area contributed by atoms with E-state index < -0.39 is 23.1 Å². The quantitative estimate of drug-likeness (QED) is 0.775. The van der Waals surface area contributed by atoms with Crippen LogP contribution < -0.4 is 5.32 Å². The first-order valence-corrected chi connectivity index (χ1v) is 7.33. The first-order valence-electron chi connectivity index (χ1n) is 7.33. The van der Waals surface area contributed by atoms with Gasteiger partial charge in [0, 0.05) is 12.1 Å². The standard InChI is InChI=1S/C16H23F2NO2/c1-3-7-16(21,8-4-2)11-19-15(20)10-12-9-13(17)5-6-14(12)18/h5-6,9,21H,3-4,7-8,10-11H2,1-2H3,(H,19,20). The number of hydrogen-bond donors (Lipinski definition) is 2. The predicted molar refractivity (Wildman–Crippen MR) is 77.8 cm³/mol. The molecule has 0 spiro atoms. The Bertz CT molecular complexity index is 471. The summed E-state index contributed by atoms with van der Waals surface area (Å²) < 4.78 is 26.5. The highest BCUT2D eigenvalue weighted by Gasteiger charge is 2.25. The van der Waals surface area contributed by atoms with E-state index in [-0.39, 0.29) is 18.5 Å². The van der Waals surface area contributed by atoms with Crippen molar-refractivity contribution in [3.05, 3.63) is 35.4 Å². The van der Waals surface area contributed by atoms with E-state index in [1.165, 1.54) is 0 Å². The molecule has 0 unspecified atom stereocenters. The molecule has 0 saturated carbocycles. The molecule has 0 aromatic heterocycles. The van der Waals surface area contributed by atoms with Crippen LogP contribution in [0, 0.1) is 11.6 Å². The lowest BCUT2D eigenvalue weighted by atomic mass is 9.92. The van der Waals surface area contributed by atoms with Crippen molar-refractivity contribution in [2.24, 2.45) is 0 Å². The Balaban J connectivity index is 2.58. The van der Waals surface area contributed by atoms with Crippen molar-refractivity contribution < 1.29 is 18.7 Å². The van der Waals surface area contributed by atoms with Crippen LogP contribution in [-0.2, 0) is 11.2 Å². The Morgan fingerprint density at radius 3 is 2.43 bits per heavy atom. The summed E-state index contributed by atoms with van der Waals surface area (Å²) in [4.78, 5) is 11.8. The molecule has 0 heterocycles.